The fraction of sp³-hybridized carbons (Fsp3) is 0.533. The highest BCUT2D eigenvalue weighted by molar-refractivity contribution is 5.70. The lowest BCUT2D eigenvalue weighted by atomic mass is 9.94. The van der Waals surface area contributed by atoms with Crippen LogP contribution in [-0.4, -0.2) is 25.3 Å². The predicted octanol–water partition coefficient (Wildman–Crippen LogP) is 3.09. The fourth-order valence-corrected chi connectivity index (χ4v) is 1.97. The minimum Gasteiger partial charge on any atom is -0.493 e. The van der Waals surface area contributed by atoms with Gasteiger partial charge in [0.25, 0.3) is 0 Å². The number of benzene rings is 1. The summed E-state index contributed by atoms with van der Waals surface area (Å²) >= 11 is 0. The normalized spacial score (nSPS) is 12.3. The third-order valence-electron chi connectivity index (χ3n) is 3.19. The van der Waals surface area contributed by atoms with E-state index in [2.05, 4.69) is 13.8 Å². The van der Waals surface area contributed by atoms with Crippen molar-refractivity contribution in [3.63, 3.8) is 0 Å². The van der Waals surface area contributed by atoms with Gasteiger partial charge in [0.15, 0.2) is 11.5 Å². The zero-order chi connectivity index (χ0) is 14.6. The summed E-state index contributed by atoms with van der Waals surface area (Å²) in [5.74, 6) is 0.358. The molecule has 0 saturated carbocycles. The van der Waals surface area contributed by atoms with Crippen LogP contribution >= 0.6 is 0 Å². The SMILES string of the molecule is COc1cc(C(C)C)cc(CC(C)C(=O)O)c1OC. The van der Waals surface area contributed by atoms with E-state index in [4.69, 9.17) is 14.6 Å². The maximum atomic E-state index is 11.0. The molecular formula is C15H22O4. The van der Waals surface area contributed by atoms with Gasteiger partial charge in [-0.15, -0.1) is 0 Å². The van der Waals surface area contributed by atoms with Crippen molar-refractivity contribution >= 4 is 5.97 Å². The molecule has 1 rings (SSSR count). The number of aliphatic carboxylic acids is 1. The highest BCUT2D eigenvalue weighted by Crippen LogP contribution is 2.36. The van der Waals surface area contributed by atoms with Crippen molar-refractivity contribution < 1.29 is 19.4 Å². The second-order valence-electron chi connectivity index (χ2n) is 5.01. The molecule has 1 N–H and O–H groups in total. The monoisotopic (exact) mass is 266 g/mol. The van der Waals surface area contributed by atoms with Crippen molar-refractivity contribution in [2.24, 2.45) is 5.92 Å². The Labute approximate surface area is 114 Å². The Morgan fingerprint density at radius 3 is 2.26 bits per heavy atom. The van der Waals surface area contributed by atoms with Gasteiger partial charge < -0.3 is 14.6 Å². The molecule has 1 aromatic carbocycles. The van der Waals surface area contributed by atoms with Crippen LogP contribution in [0.3, 0.4) is 0 Å². The molecule has 4 heteroatoms. The van der Waals surface area contributed by atoms with Gasteiger partial charge >= 0.3 is 5.97 Å². The molecule has 0 aliphatic carbocycles. The standard InChI is InChI=1S/C15H22O4/c1-9(2)11-7-12(6-10(3)15(16)17)14(19-5)13(8-11)18-4/h7-10H,6H2,1-5H3,(H,16,17). The molecule has 4 nitrogen and oxygen atoms in total. The third-order valence-corrected chi connectivity index (χ3v) is 3.19. The van der Waals surface area contributed by atoms with Crippen molar-refractivity contribution in [1.82, 2.24) is 0 Å². The lowest BCUT2D eigenvalue weighted by molar-refractivity contribution is -0.141. The van der Waals surface area contributed by atoms with Gasteiger partial charge in [0.05, 0.1) is 20.1 Å². The second kappa shape index (κ2) is 6.45. The van der Waals surface area contributed by atoms with Gasteiger partial charge in [0.2, 0.25) is 0 Å². The summed E-state index contributed by atoms with van der Waals surface area (Å²) in [5, 5.41) is 9.04. The third kappa shape index (κ3) is 3.63. The van der Waals surface area contributed by atoms with Crippen LogP contribution in [-0.2, 0) is 11.2 Å². The fourth-order valence-electron chi connectivity index (χ4n) is 1.97. The van der Waals surface area contributed by atoms with Gasteiger partial charge in [-0.3, -0.25) is 4.79 Å². The summed E-state index contributed by atoms with van der Waals surface area (Å²) in [7, 11) is 3.16. The van der Waals surface area contributed by atoms with Crippen LogP contribution in [0.1, 0.15) is 37.8 Å². The number of ether oxygens (including phenoxy) is 2. The average Bonchev–Trinajstić information content (AvgIpc) is 2.37. The van der Waals surface area contributed by atoms with E-state index in [1.807, 2.05) is 12.1 Å². The van der Waals surface area contributed by atoms with E-state index >= 15 is 0 Å². The van der Waals surface area contributed by atoms with Crippen LogP contribution in [0, 0.1) is 5.92 Å². The number of hydrogen-bond acceptors (Lipinski definition) is 3. The molecular weight excluding hydrogens is 244 g/mol. The second-order valence-corrected chi connectivity index (χ2v) is 5.01. The van der Waals surface area contributed by atoms with Crippen LogP contribution in [0.5, 0.6) is 11.5 Å². The Morgan fingerprint density at radius 2 is 1.84 bits per heavy atom. The molecule has 0 fully saturated rings. The van der Waals surface area contributed by atoms with Gasteiger partial charge in [0, 0.05) is 0 Å². The van der Waals surface area contributed by atoms with Gasteiger partial charge in [-0.2, -0.15) is 0 Å². The molecule has 106 valence electrons. The topological polar surface area (TPSA) is 55.8 Å². The number of carboxylic acids is 1. The summed E-state index contributed by atoms with van der Waals surface area (Å²) in [6.45, 7) is 5.87. The molecule has 1 unspecified atom stereocenters. The number of hydrogen-bond donors (Lipinski definition) is 1. The first-order valence-electron chi connectivity index (χ1n) is 6.38. The van der Waals surface area contributed by atoms with E-state index in [0.29, 0.717) is 23.8 Å². The summed E-state index contributed by atoms with van der Waals surface area (Å²) in [5.41, 5.74) is 1.99. The van der Waals surface area contributed by atoms with Gasteiger partial charge in [-0.25, -0.2) is 0 Å². The van der Waals surface area contributed by atoms with E-state index in [-0.39, 0.29) is 0 Å². The van der Waals surface area contributed by atoms with Crippen molar-refractivity contribution in [2.75, 3.05) is 14.2 Å². The maximum absolute atomic E-state index is 11.0. The number of carbonyl (C=O) groups is 1. The van der Waals surface area contributed by atoms with E-state index in [1.165, 1.54) is 0 Å². The summed E-state index contributed by atoms with van der Waals surface area (Å²) in [6.07, 6.45) is 0.426. The molecule has 0 aromatic heterocycles. The lowest BCUT2D eigenvalue weighted by Crippen LogP contribution is -2.13. The molecule has 0 saturated heterocycles. The van der Waals surface area contributed by atoms with E-state index in [1.54, 1.807) is 21.1 Å². The zero-order valence-corrected chi connectivity index (χ0v) is 12.2. The number of methoxy groups -OCH3 is 2. The largest absolute Gasteiger partial charge is 0.493 e. The minimum atomic E-state index is -0.809. The minimum absolute atomic E-state index is 0.346. The van der Waals surface area contributed by atoms with Crippen LogP contribution in [0.25, 0.3) is 0 Å². The summed E-state index contributed by atoms with van der Waals surface area (Å²) < 4.78 is 10.7. The Hall–Kier alpha value is -1.71. The molecule has 19 heavy (non-hydrogen) atoms. The quantitative estimate of drug-likeness (QED) is 0.859. The molecule has 1 atom stereocenters. The highest BCUT2D eigenvalue weighted by atomic mass is 16.5. The lowest BCUT2D eigenvalue weighted by Gasteiger charge is -2.17. The van der Waals surface area contributed by atoms with Crippen molar-refractivity contribution in [3.8, 4) is 11.5 Å². The Balaban J connectivity index is 3.25. The Bertz CT molecular complexity index is 452. The Kier molecular flexibility index (Phi) is 5.21. The van der Waals surface area contributed by atoms with Crippen LogP contribution < -0.4 is 9.47 Å². The first kappa shape index (κ1) is 15.3. The smallest absolute Gasteiger partial charge is 0.306 e. The molecule has 0 heterocycles. The van der Waals surface area contributed by atoms with E-state index in [9.17, 15) is 4.79 Å². The first-order chi connectivity index (χ1) is 8.90. The number of rotatable bonds is 6. The van der Waals surface area contributed by atoms with Crippen LogP contribution in [0.2, 0.25) is 0 Å². The van der Waals surface area contributed by atoms with Crippen molar-refractivity contribution in [2.45, 2.75) is 33.1 Å². The molecule has 0 bridgehead atoms. The van der Waals surface area contributed by atoms with Gasteiger partial charge in [-0.05, 0) is 29.5 Å². The predicted molar refractivity (Wildman–Crippen MR) is 74.1 cm³/mol. The molecule has 0 amide bonds. The molecule has 1 aromatic rings. The summed E-state index contributed by atoms with van der Waals surface area (Å²) in [4.78, 5) is 11.0. The number of carboxylic acid groups (broad SMARTS) is 1. The Morgan fingerprint density at radius 1 is 1.21 bits per heavy atom. The molecule has 0 aliphatic rings. The first-order valence-corrected chi connectivity index (χ1v) is 6.38. The van der Waals surface area contributed by atoms with E-state index < -0.39 is 11.9 Å². The molecule has 0 spiro atoms. The van der Waals surface area contributed by atoms with Crippen molar-refractivity contribution in [3.05, 3.63) is 23.3 Å². The van der Waals surface area contributed by atoms with Gasteiger partial charge in [0.1, 0.15) is 0 Å². The average molecular weight is 266 g/mol. The zero-order valence-electron chi connectivity index (χ0n) is 12.2. The maximum Gasteiger partial charge on any atom is 0.306 e. The van der Waals surface area contributed by atoms with Gasteiger partial charge in [-0.1, -0.05) is 26.8 Å². The molecule has 0 radical (unpaired) electrons. The molecule has 0 aliphatic heterocycles. The van der Waals surface area contributed by atoms with E-state index in [0.717, 1.165) is 11.1 Å². The highest BCUT2D eigenvalue weighted by Gasteiger charge is 2.19. The van der Waals surface area contributed by atoms with Crippen LogP contribution in [0.15, 0.2) is 12.1 Å². The van der Waals surface area contributed by atoms with Crippen LogP contribution in [0.4, 0.5) is 0 Å². The summed E-state index contributed by atoms with van der Waals surface area (Å²) in [6, 6.07) is 3.95. The van der Waals surface area contributed by atoms with Crippen molar-refractivity contribution in [1.29, 1.82) is 0 Å².